The highest BCUT2D eigenvalue weighted by Gasteiger charge is 2.12. The summed E-state index contributed by atoms with van der Waals surface area (Å²) in [7, 11) is 0. The molecule has 0 aliphatic carbocycles. The molecule has 23 heavy (non-hydrogen) atoms. The molecule has 0 amide bonds. The van der Waals surface area contributed by atoms with E-state index in [0.29, 0.717) is 12.4 Å². The molecule has 0 saturated carbocycles. The number of rotatable bonds is 3. The quantitative estimate of drug-likeness (QED) is 0.768. The largest absolute Gasteiger partial charge is 0.353 e. The van der Waals surface area contributed by atoms with E-state index in [1.54, 1.807) is 12.4 Å². The first-order valence-electron chi connectivity index (χ1n) is 7.61. The Bertz CT molecular complexity index is 684. The molecule has 1 aliphatic heterocycles. The van der Waals surface area contributed by atoms with Gasteiger partial charge >= 0.3 is 0 Å². The number of benzene rings is 1. The van der Waals surface area contributed by atoms with Crippen LogP contribution in [0, 0.1) is 11.8 Å². The van der Waals surface area contributed by atoms with Gasteiger partial charge in [-0.3, -0.25) is 0 Å². The second-order valence-corrected chi connectivity index (χ2v) is 6.13. The normalized spacial score (nSPS) is 17.3. The highest BCUT2D eigenvalue weighted by Crippen LogP contribution is 2.20. The molecule has 1 fully saturated rings. The van der Waals surface area contributed by atoms with Gasteiger partial charge in [-0.05, 0) is 42.9 Å². The van der Waals surface area contributed by atoms with Crippen molar-refractivity contribution in [3.05, 3.63) is 47.0 Å². The van der Waals surface area contributed by atoms with E-state index >= 15 is 0 Å². The van der Waals surface area contributed by atoms with Gasteiger partial charge in [-0.1, -0.05) is 34.0 Å². The molecule has 1 aromatic carbocycles. The first-order chi connectivity index (χ1) is 11.3. The van der Waals surface area contributed by atoms with Crippen molar-refractivity contribution in [2.45, 2.75) is 25.6 Å². The van der Waals surface area contributed by atoms with Crippen molar-refractivity contribution in [3.63, 3.8) is 0 Å². The second kappa shape index (κ2) is 8.21. The SMILES string of the molecule is Brc1ccc(-c2cnc(C#CCOC3CCCCO3)nc2)cc1. The zero-order valence-electron chi connectivity index (χ0n) is 12.7. The lowest BCUT2D eigenvalue weighted by atomic mass is 10.1. The summed E-state index contributed by atoms with van der Waals surface area (Å²) in [5, 5.41) is 0. The number of hydrogen-bond donors (Lipinski definition) is 0. The number of aromatic nitrogens is 2. The Morgan fingerprint density at radius 1 is 1.13 bits per heavy atom. The van der Waals surface area contributed by atoms with Crippen LogP contribution in [-0.4, -0.2) is 29.5 Å². The van der Waals surface area contributed by atoms with Crippen LogP contribution in [-0.2, 0) is 9.47 Å². The number of ether oxygens (including phenoxy) is 2. The smallest absolute Gasteiger partial charge is 0.204 e. The van der Waals surface area contributed by atoms with E-state index in [1.807, 2.05) is 24.3 Å². The minimum atomic E-state index is -0.112. The fraction of sp³-hybridized carbons (Fsp3) is 0.333. The lowest BCUT2D eigenvalue weighted by Crippen LogP contribution is -2.22. The summed E-state index contributed by atoms with van der Waals surface area (Å²) in [5.74, 6) is 6.34. The molecule has 4 nitrogen and oxygen atoms in total. The molecule has 118 valence electrons. The third kappa shape index (κ3) is 4.87. The second-order valence-electron chi connectivity index (χ2n) is 5.21. The van der Waals surface area contributed by atoms with Gasteiger partial charge in [0.25, 0.3) is 0 Å². The van der Waals surface area contributed by atoms with Crippen molar-refractivity contribution in [1.82, 2.24) is 9.97 Å². The molecule has 3 rings (SSSR count). The Balaban J connectivity index is 1.55. The molecular formula is C18H17BrN2O2. The predicted octanol–water partition coefficient (Wildman–Crippen LogP) is 3.80. The average molecular weight is 373 g/mol. The molecule has 1 aliphatic rings. The Kier molecular flexibility index (Phi) is 5.76. The van der Waals surface area contributed by atoms with E-state index in [0.717, 1.165) is 41.5 Å². The van der Waals surface area contributed by atoms with Gasteiger partial charge in [-0.25, -0.2) is 9.97 Å². The number of halogens is 1. The lowest BCUT2D eigenvalue weighted by molar-refractivity contribution is -0.154. The topological polar surface area (TPSA) is 44.2 Å². The summed E-state index contributed by atoms with van der Waals surface area (Å²) in [4.78, 5) is 8.56. The van der Waals surface area contributed by atoms with Crippen LogP contribution >= 0.6 is 15.9 Å². The molecule has 1 atom stereocenters. The van der Waals surface area contributed by atoms with Crippen LogP contribution in [0.4, 0.5) is 0 Å². The van der Waals surface area contributed by atoms with Gasteiger partial charge in [0.05, 0.1) is 0 Å². The summed E-state index contributed by atoms with van der Waals surface area (Å²) >= 11 is 3.42. The first kappa shape index (κ1) is 16.1. The van der Waals surface area contributed by atoms with Crippen molar-refractivity contribution in [1.29, 1.82) is 0 Å². The molecular weight excluding hydrogens is 356 g/mol. The third-order valence-electron chi connectivity index (χ3n) is 3.51. The molecule has 2 heterocycles. The van der Waals surface area contributed by atoms with Crippen LogP contribution in [0.3, 0.4) is 0 Å². The molecule has 0 radical (unpaired) electrons. The predicted molar refractivity (Wildman–Crippen MR) is 91.6 cm³/mol. The lowest BCUT2D eigenvalue weighted by Gasteiger charge is -2.21. The third-order valence-corrected chi connectivity index (χ3v) is 4.04. The molecule has 0 bridgehead atoms. The molecule has 1 saturated heterocycles. The van der Waals surface area contributed by atoms with Gasteiger partial charge < -0.3 is 9.47 Å². The fourth-order valence-electron chi connectivity index (χ4n) is 2.28. The van der Waals surface area contributed by atoms with Gasteiger partial charge in [0.2, 0.25) is 5.82 Å². The Labute approximate surface area is 144 Å². The van der Waals surface area contributed by atoms with E-state index in [9.17, 15) is 0 Å². The summed E-state index contributed by atoms with van der Waals surface area (Å²) < 4.78 is 12.1. The van der Waals surface area contributed by atoms with Crippen molar-refractivity contribution in [2.24, 2.45) is 0 Å². The minimum Gasteiger partial charge on any atom is -0.353 e. The van der Waals surface area contributed by atoms with E-state index in [4.69, 9.17) is 9.47 Å². The average Bonchev–Trinajstić information content (AvgIpc) is 2.61. The zero-order valence-corrected chi connectivity index (χ0v) is 14.3. The molecule has 2 aromatic rings. The van der Waals surface area contributed by atoms with Crippen molar-refractivity contribution in [3.8, 4) is 23.0 Å². The highest BCUT2D eigenvalue weighted by atomic mass is 79.9. The van der Waals surface area contributed by atoms with E-state index in [-0.39, 0.29) is 6.29 Å². The Morgan fingerprint density at radius 2 is 1.91 bits per heavy atom. The maximum atomic E-state index is 5.55. The van der Waals surface area contributed by atoms with E-state index < -0.39 is 0 Å². The van der Waals surface area contributed by atoms with Crippen molar-refractivity contribution >= 4 is 15.9 Å². The van der Waals surface area contributed by atoms with E-state index in [1.165, 1.54) is 0 Å². The van der Waals surface area contributed by atoms with Gasteiger partial charge in [-0.15, -0.1) is 0 Å². The summed E-state index contributed by atoms with van der Waals surface area (Å²) in [5.41, 5.74) is 2.04. The maximum absolute atomic E-state index is 5.55. The van der Waals surface area contributed by atoms with Gasteiger partial charge in [0.15, 0.2) is 6.29 Å². The van der Waals surface area contributed by atoms with E-state index in [2.05, 4.69) is 37.7 Å². The summed E-state index contributed by atoms with van der Waals surface area (Å²) in [6.45, 7) is 1.11. The van der Waals surface area contributed by atoms with Crippen molar-refractivity contribution in [2.75, 3.05) is 13.2 Å². The van der Waals surface area contributed by atoms with Crippen LogP contribution in [0.1, 0.15) is 25.1 Å². The van der Waals surface area contributed by atoms with Crippen molar-refractivity contribution < 1.29 is 9.47 Å². The van der Waals surface area contributed by atoms with Gasteiger partial charge in [0.1, 0.15) is 6.61 Å². The minimum absolute atomic E-state index is 0.112. The van der Waals surface area contributed by atoms with Crippen LogP contribution in [0.25, 0.3) is 11.1 Å². The van der Waals surface area contributed by atoms with Crippen LogP contribution < -0.4 is 0 Å². The van der Waals surface area contributed by atoms with Crippen LogP contribution in [0.15, 0.2) is 41.1 Å². The molecule has 0 spiro atoms. The highest BCUT2D eigenvalue weighted by molar-refractivity contribution is 9.10. The van der Waals surface area contributed by atoms with Gasteiger partial charge in [-0.2, -0.15) is 0 Å². The Morgan fingerprint density at radius 3 is 2.61 bits per heavy atom. The maximum Gasteiger partial charge on any atom is 0.204 e. The number of nitrogens with zero attached hydrogens (tertiary/aromatic N) is 2. The molecule has 1 unspecified atom stereocenters. The molecule has 1 aromatic heterocycles. The fourth-order valence-corrected chi connectivity index (χ4v) is 2.54. The molecule has 5 heteroatoms. The Hall–Kier alpha value is -1.74. The summed E-state index contributed by atoms with van der Waals surface area (Å²) in [6.07, 6.45) is 6.67. The monoisotopic (exact) mass is 372 g/mol. The van der Waals surface area contributed by atoms with Gasteiger partial charge in [0, 0.05) is 29.0 Å². The first-order valence-corrected chi connectivity index (χ1v) is 8.40. The zero-order chi connectivity index (χ0) is 15.9. The van der Waals surface area contributed by atoms with Crippen LogP contribution in [0.5, 0.6) is 0 Å². The van der Waals surface area contributed by atoms with Crippen LogP contribution in [0.2, 0.25) is 0 Å². The summed E-state index contributed by atoms with van der Waals surface area (Å²) in [6, 6.07) is 8.03. The standard InChI is InChI=1S/C18H17BrN2O2/c19-16-8-6-14(7-9-16)15-12-20-17(21-13-15)4-3-11-23-18-5-1-2-10-22-18/h6-9,12-13,18H,1-2,5,10-11H2. The molecule has 0 N–H and O–H groups in total. The number of hydrogen-bond acceptors (Lipinski definition) is 4.